The van der Waals surface area contributed by atoms with Crippen molar-refractivity contribution in [3.05, 3.63) is 29.3 Å². The molecule has 2 N–H and O–H groups in total. The second-order valence-corrected chi connectivity index (χ2v) is 5.94. The van der Waals surface area contributed by atoms with Crippen molar-refractivity contribution in [1.29, 1.82) is 0 Å². The minimum absolute atomic E-state index is 0.491. The van der Waals surface area contributed by atoms with Gasteiger partial charge in [-0.15, -0.1) is 0 Å². The van der Waals surface area contributed by atoms with Crippen molar-refractivity contribution in [1.82, 2.24) is 4.90 Å². The van der Waals surface area contributed by atoms with Gasteiger partial charge < -0.3 is 10.6 Å². The van der Waals surface area contributed by atoms with E-state index in [1.807, 2.05) is 0 Å². The van der Waals surface area contributed by atoms with Crippen LogP contribution in [0.4, 0.5) is 5.69 Å². The van der Waals surface area contributed by atoms with Gasteiger partial charge in [-0.05, 0) is 32.9 Å². The molecule has 0 atom stereocenters. The number of aryl methyl sites for hydroxylation is 1. The largest absolute Gasteiger partial charge is 0.389 e. The highest BCUT2D eigenvalue weighted by atomic mass is 32.1. The molecular formula is C15H23N3S. The van der Waals surface area contributed by atoms with Gasteiger partial charge in [0.25, 0.3) is 0 Å². The summed E-state index contributed by atoms with van der Waals surface area (Å²) in [5.41, 5.74) is 9.25. The number of thiocarbonyl (C=S) groups is 1. The van der Waals surface area contributed by atoms with E-state index in [4.69, 9.17) is 18.0 Å². The number of nitrogens with two attached hydrogens (primary N) is 1. The van der Waals surface area contributed by atoms with E-state index in [-0.39, 0.29) is 0 Å². The van der Waals surface area contributed by atoms with Gasteiger partial charge in [0.1, 0.15) is 4.99 Å². The minimum atomic E-state index is 0.491. The van der Waals surface area contributed by atoms with E-state index in [9.17, 15) is 0 Å². The zero-order chi connectivity index (χ0) is 14.0. The molecule has 0 amide bonds. The topological polar surface area (TPSA) is 32.5 Å². The van der Waals surface area contributed by atoms with Crippen molar-refractivity contribution < 1.29 is 0 Å². The predicted octanol–water partition coefficient (Wildman–Crippen LogP) is 2.16. The molecule has 0 unspecified atom stereocenters. The van der Waals surface area contributed by atoms with Crippen LogP contribution >= 0.6 is 12.2 Å². The highest BCUT2D eigenvalue weighted by Gasteiger charge is 2.21. The lowest BCUT2D eigenvalue weighted by atomic mass is 10.1. The Morgan fingerprint density at radius 3 is 2.37 bits per heavy atom. The first-order valence-corrected chi connectivity index (χ1v) is 7.29. The monoisotopic (exact) mass is 277 g/mol. The molecule has 1 heterocycles. The number of nitrogens with zero attached hydrogens (tertiary/aromatic N) is 2. The first-order valence-electron chi connectivity index (χ1n) is 6.88. The molecule has 4 heteroatoms. The molecule has 3 nitrogen and oxygen atoms in total. The van der Waals surface area contributed by atoms with Crippen molar-refractivity contribution in [2.75, 3.05) is 31.1 Å². The number of piperazine rings is 1. The first kappa shape index (κ1) is 14.3. The maximum Gasteiger partial charge on any atom is 0.106 e. The summed E-state index contributed by atoms with van der Waals surface area (Å²) in [6.07, 6.45) is 0. The quantitative estimate of drug-likeness (QED) is 0.858. The normalized spacial score (nSPS) is 16.9. The molecule has 0 bridgehead atoms. The zero-order valence-electron chi connectivity index (χ0n) is 12.0. The van der Waals surface area contributed by atoms with Gasteiger partial charge in [0.2, 0.25) is 0 Å². The predicted molar refractivity (Wildman–Crippen MR) is 86.0 cm³/mol. The van der Waals surface area contributed by atoms with E-state index in [1.54, 1.807) is 0 Å². The molecule has 19 heavy (non-hydrogen) atoms. The van der Waals surface area contributed by atoms with Crippen LogP contribution in [0.2, 0.25) is 0 Å². The standard InChI is InChI=1S/C15H23N3S/c1-11(2)17-6-8-18(9-7-17)14-5-4-12(3)10-13(14)15(16)19/h4-5,10-11H,6-9H2,1-3H3,(H2,16,19). The molecule has 1 aliphatic rings. The fourth-order valence-corrected chi connectivity index (χ4v) is 2.77. The summed E-state index contributed by atoms with van der Waals surface area (Å²) in [6.45, 7) is 10.9. The highest BCUT2D eigenvalue weighted by molar-refractivity contribution is 7.80. The Hall–Kier alpha value is -1.13. The average Bonchev–Trinajstić information content (AvgIpc) is 2.38. The molecule has 0 spiro atoms. The van der Waals surface area contributed by atoms with E-state index in [0.29, 0.717) is 11.0 Å². The summed E-state index contributed by atoms with van der Waals surface area (Å²) < 4.78 is 0. The van der Waals surface area contributed by atoms with Crippen LogP contribution < -0.4 is 10.6 Å². The first-order chi connectivity index (χ1) is 8.99. The van der Waals surface area contributed by atoms with E-state index in [1.165, 1.54) is 11.3 Å². The van der Waals surface area contributed by atoms with E-state index >= 15 is 0 Å². The summed E-state index contributed by atoms with van der Waals surface area (Å²) in [6, 6.07) is 6.99. The van der Waals surface area contributed by atoms with Crippen LogP contribution in [-0.2, 0) is 0 Å². The zero-order valence-corrected chi connectivity index (χ0v) is 12.8. The van der Waals surface area contributed by atoms with Crippen LogP contribution in [0.3, 0.4) is 0 Å². The second-order valence-electron chi connectivity index (χ2n) is 5.50. The lowest BCUT2D eigenvalue weighted by molar-refractivity contribution is 0.209. The molecule has 0 aliphatic carbocycles. The number of benzene rings is 1. The molecule has 0 radical (unpaired) electrons. The van der Waals surface area contributed by atoms with E-state index in [2.05, 4.69) is 48.8 Å². The van der Waals surface area contributed by atoms with Gasteiger partial charge in [0.05, 0.1) is 0 Å². The Labute approximate surface area is 121 Å². The SMILES string of the molecule is Cc1ccc(N2CCN(C(C)C)CC2)c(C(N)=S)c1. The lowest BCUT2D eigenvalue weighted by Gasteiger charge is -2.38. The Balaban J connectivity index is 2.17. The molecule has 0 aromatic heterocycles. The Kier molecular flexibility index (Phi) is 4.42. The van der Waals surface area contributed by atoms with Crippen molar-refractivity contribution in [3.63, 3.8) is 0 Å². The van der Waals surface area contributed by atoms with Gasteiger partial charge in [-0.25, -0.2) is 0 Å². The molecule has 1 fully saturated rings. The van der Waals surface area contributed by atoms with Gasteiger partial charge >= 0.3 is 0 Å². The van der Waals surface area contributed by atoms with Gasteiger partial charge in [0, 0.05) is 43.5 Å². The van der Waals surface area contributed by atoms with Crippen LogP contribution in [0.15, 0.2) is 18.2 Å². The fourth-order valence-electron chi connectivity index (χ4n) is 2.60. The van der Waals surface area contributed by atoms with Crippen molar-refractivity contribution >= 4 is 22.9 Å². The summed E-state index contributed by atoms with van der Waals surface area (Å²) in [5.74, 6) is 0. The minimum Gasteiger partial charge on any atom is -0.389 e. The highest BCUT2D eigenvalue weighted by Crippen LogP contribution is 2.23. The summed E-state index contributed by atoms with van der Waals surface area (Å²) in [5, 5.41) is 0. The molecular weight excluding hydrogens is 254 g/mol. The summed E-state index contributed by atoms with van der Waals surface area (Å²) in [7, 11) is 0. The van der Waals surface area contributed by atoms with Crippen LogP contribution in [0.1, 0.15) is 25.0 Å². The fraction of sp³-hybridized carbons (Fsp3) is 0.533. The lowest BCUT2D eigenvalue weighted by Crippen LogP contribution is -2.49. The third kappa shape index (κ3) is 3.25. The van der Waals surface area contributed by atoms with Crippen LogP contribution in [-0.4, -0.2) is 42.1 Å². The molecule has 104 valence electrons. The van der Waals surface area contributed by atoms with Gasteiger partial charge in [-0.3, -0.25) is 4.90 Å². The summed E-state index contributed by atoms with van der Waals surface area (Å²) >= 11 is 5.18. The van der Waals surface area contributed by atoms with Gasteiger partial charge in [-0.1, -0.05) is 23.8 Å². The molecule has 1 aromatic carbocycles. The molecule has 1 aromatic rings. The van der Waals surface area contributed by atoms with E-state index < -0.39 is 0 Å². The van der Waals surface area contributed by atoms with Crippen molar-refractivity contribution in [3.8, 4) is 0 Å². The second kappa shape index (κ2) is 5.88. The van der Waals surface area contributed by atoms with Crippen LogP contribution in [0.5, 0.6) is 0 Å². The van der Waals surface area contributed by atoms with Gasteiger partial charge in [0.15, 0.2) is 0 Å². The Morgan fingerprint density at radius 1 is 1.21 bits per heavy atom. The number of hydrogen-bond acceptors (Lipinski definition) is 3. The Bertz CT molecular complexity index is 462. The average molecular weight is 277 g/mol. The third-order valence-electron chi connectivity index (χ3n) is 3.80. The van der Waals surface area contributed by atoms with Crippen LogP contribution in [0, 0.1) is 6.92 Å². The molecule has 0 saturated carbocycles. The third-order valence-corrected chi connectivity index (χ3v) is 4.02. The smallest absolute Gasteiger partial charge is 0.106 e. The summed E-state index contributed by atoms with van der Waals surface area (Å²) in [4.78, 5) is 5.39. The molecule has 2 rings (SSSR count). The van der Waals surface area contributed by atoms with E-state index in [0.717, 1.165) is 31.7 Å². The number of rotatable bonds is 3. The maximum atomic E-state index is 5.86. The van der Waals surface area contributed by atoms with Crippen molar-refractivity contribution in [2.45, 2.75) is 26.8 Å². The van der Waals surface area contributed by atoms with Crippen molar-refractivity contribution in [2.24, 2.45) is 5.73 Å². The van der Waals surface area contributed by atoms with Crippen LogP contribution in [0.25, 0.3) is 0 Å². The van der Waals surface area contributed by atoms with Gasteiger partial charge in [-0.2, -0.15) is 0 Å². The number of hydrogen-bond donors (Lipinski definition) is 1. The molecule has 1 aliphatic heterocycles. The maximum absolute atomic E-state index is 5.86. The Morgan fingerprint density at radius 2 is 1.84 bits per heavy atom. The molecule has 1 saturated heterocycles. The number of anilines is 1.